The molecule has 1 saturated heterocycles. The minimum Gasteiger partial charge on any atom is -0.490 e. The zero-order valence-electron chi connectivity index (χ0n) is 12.2. The van der Waals surface area contributed by atoms with Crippen molar-refractivity contribution in [2.75, 3.05) is 26.3 Å². The van der Waals surface area contributed by atoms with Crippen LogP contribution in [0.15, 0.2) is 54.6 Å². The summed E-state index contributed by atoms with van der Waals surface area (Å²) in [4.78, 5) is 1.82. The minimum absolute atomic E-state index is 0.0346. The van der Waals surface area contributed by atoms with Gasteiger partial charge in [0.1, 0.15) is 13.1 Å². The monoisotopic (exact) mass is 298 g/mol. The lowest BCUT2D eigenvalue weighted by atomic mass is 9.98. The largest absolute Gasteiger partial charge is 0.490 e. The molecule has 1 aliphatic heterocycles. The Kier molecular flexibility index (Phi) is 4.25. The van der Waals surface area contributed by atoms with E-state index in [-0.39, 0.29) is 10.7 Å². The highest BCUT2D eigenvalue weighted by Gasteiger charge is 2.28. The molecule has 0 unspecified atom stereocenters. The van der Waals surface area contributed by atoms with Gasteiger partial charge in [-0.25, -0.2) is 0 Å². The van der Waals surface area contributed by atoms with Gasteiger partial charge in [-0.1, -0.05) is 48.5 Å². The van der Waals surface area contributed by atoms with E-state index in [0.29, 0.717) is 31.9 Å². The van der Waals surface area contributed by atoms with Gasteiger partial charge in [0, 0.05) is 0 Å². The fourth-order valence-electron chi connectivity index (χ4n) is 2.72. The molecule has 114 valence electrons. The van der Waals surface area contributed by atoms with Crippen LogP contribution in [0.25, 0.3) is 11.1 Å². The zero-order valence-corrected chi connectivity index (χ0v) is 12.2. The average molecular weight is 298 g/mol. The van der Waals surface area contributed by atoms with Crippen molar-refractivity contribution in [1.82, 2.24) is 4.90 Å². The molecule has 0 atom stereocenters. The Labute approximate surface area is 129 Å². The van der Waals surface area contributed by atoms with E-state index in [1.807, 2.05) is 59.5 Å². The molecule has 2 aromatic rings. The van der Waals surface area contributed by atoms with Crippen LogP contribution in [0.1, 0.15) is 5.56 Å². The fraction of sp³-hybridized carbons (Fsp3) is 0.235. The maximum atomic E-state index is 11.8. The highest BCUT2D eigenvalue weighted by Crippen LogP contribution is 2.25. The SMILES string of the molecule is [O-][N+](O)=C(c1ccccc1-c1ccccc1)N1CCOCC1. The Morgan fingerprint density at radius 2 is 1.64 bits per heavy atom. The van der Waals surface area contributed by atoms with Crippen LogP contribution in [-0.4, -0.2) is 47.1 Å². The minimum atomic E-state index is -0.0346. The predicted molar refractivity (Wildman–Crippen MR) is 83.8 cm³/mol. The van der Waals surface area contributed by atoms with Gasteiger partial charge >= 0.3 is 5.84 Å². The van der Waals surface area contributed by atoms with Gasteiger partial charge in [-0.15, -0.1) is 0 Å². The molecule has 1 heterocycles. The molecule has 1 aliphatic rings. The van der Waals surface area contributed by atoms with Crippen molar-refractivity contribution >= 4 is 5.84 Å². The van der Waals surface area contributed by atoms with E-state index in [4.69, 9.17) is 4.74 Å². The highest BCUT2D eigenvalue weighted by atomic mass is 16.8. The standard InChI is InChI=1S/C17H18N2O3/c20-19(21)17(18-10-12-22-13-11-18)16-9-5-4-8-15(16)14-6-2-1-3-7-14/h1-9H,10-13H2,(H,20,21). The van der Waals surface area contributed by atoms with Crippen LogP contribution >= 0.6 is 0 Å². The van der Waals surface area contributed by atoms with Crippen molar-refractivity contribution in [2.45, 2.75) is 0 Å². The van der Waals surface area contributed by atoms with Crippen LogP contribution in [0.4, 0.5) is 0 Å². The zero-order chi connectivity index (χ0) is 15.4. The van der Waals surface area contributed by atoms with Crippen LogP contribution in [0.2, 0.25) is 0 Å². The summed E-state index contributed by atoms with van der Waals surface area (Å²) in [6, 6.07) is 17.4. The lowest BCUT2D eigenvalue weighted by Gasteiger charge is -2.25. The Morgan fingerprint density at radius 1 is 1.00 bits per heavy atom. The fourth-order valence-corrected chi connectivity index (χ4v) is 2.72. The first-order chi connectivity index (χ1) is 10.8. The second-order valence-electron chi connectivity index (χ2n) is 5.11. The maximum Gasteiger partial charge on any atom is 0.324 e. The normalized spacial score (nSPS) is 16.3. The summed E-state index contributed by atoms with van der Waals surface area (Å²) in [6.45, 7) is 2.26. The maximum absolute atomic E-state index is 11.8. The van der Waals surface area contributed by atoms with E-state index in [1.165, 1.54) is 0 Å². The van der Waals surface area contributed by atoms with E-state index < -0.39 is 0 Å². The number of hydrogen-bond acceptors (Lipinski definition) is 3. The van der Waals surface area contributed by atoms with Crippen molar-refractivity contribution in [3.63, 3.8) is 0 Å². The molecule has 0 aliphatic carbocycles. The summed E-state index contributed by atoms with van der Waals surface area (Å²) < 4.78 is 5.32. The second-order valence-corrected chi connectivity index (χ2v) is 5.11. The average Bonchev–Trinajstić information content (AvgIpc) is 2.57. The predicted octanol–water partition coefficient (Wildman–Crippen LogP) is 2.33. The number of morpholine rings is 1. The van der Waals surface area contributed by atoms with Gasteiger partial charge in [-0.2, -0.15) is 0 Å². The van der Waals surface area contributed by atoms with E-state index in [1.54, 1.807) is 0 Å². The first-order valence-electron chi connectivity index (χ1n) is 7.28. The molecule has 0 radical (unpaired) electrons. The number of benzene rings is 2. The summed E-state index contributed by atoms with van der Waals surface area (Å²) in [5.74, 6) is 0.266. The molecule has 22 heavy (non-hydrogen) atoms. The molecule has 0 amide bonds. The van der Waals surface area contributed by atoms with Gasteiger partial charge < -0.3 is 15.2 Å². The van der Waals surface area contributed by atoms with Crippen LogP contribution in [0.5, 0.6) is 0 Å². The third-order valence-electron chi connectivity index (χ3n) is 3.74. The topological polar surface area (TPSA) is 58.8 Å². The quantitative estimate of drug-likeness (QED) is 0.304. The third kappa shape index (κ3) is 2.89. The molecule has 0 aromatic heterocycles. The molecular formula is C17H18N2O3. The van der Waals surface area contributed by atoms with Crippen molar-refractivity contribution in [1.29, 1.82) is 0 Å². The number of hydrogen-bond donors (Lipinski definition) is 1. The molecule has 1 fully saturated rings. The summed E-state index contributed by atoms with van der Waals surface area (Å²) >= 11 is 0. The first-order valence-corrected chi connectivity index (χ1v) is 7.28. The van der Waals surface area contributed by atoms with Crippen LogP contribution in [-0.2, 0) is 4.74 Å². The molecular weight excluding hydrogens is 280 g/mol. The van der Waals surface area contributed by atoms with E-state index in [0.717, 1.165) is 11.1 Å². The first kappa shape index (κ1) is 14.4. The summed E-state index contributed by atoms with van der Waals surface area (Å²) in [7, 11) is 0. The van der Waals surface area contributed by atoms with Crippen LogP contribution in [0.3, 0.4) is 0 Å². The van der Waals surface area contributed by atoms with Gasteiger partial charge in [-0.05, 0) is 22.1 Å². The molecule has 5 heteroatoms. The van der Waals surface area contributed by atoms with Crippen molar-refractivity contribution < 1.29 is 14.8 Å². The van der Waals surface area contributed by atoms with E-state index in [9.17, 15) is 10.4 Å². The van der Waals surface area contributed by atoms with Gasteiger partial charge in [0.15, 0.2) is 0 Å². The molecule has 0 spiro atoms. The molecule has 1 N–H and O–H groups in total. The number of nitrogens with zero attached hydrogens (tertiary/aromatic N) is 2. The van der Waals surface area contributed by atoms with Crippen molar-refractivity contribution in [3.8, 4) is 11.1 Å². The lowest BCUT2D eigenvalue weighted by molar-refractivity contribution is -0.728. The number of rotatable bonds is 2. The van der Waals surface area contributed by atoms with E-state index in [2.05, 4.69) is 0 Å². The Hall–Kier alpha value is -2.53. The molecule has 0 saturated carbocycles. The van der Waals surface area contributed by atoms with Gasteiger partial charge in [0.25, 0.3) is 0 Å². The summed E-state index contributed by atoms with van der Waals surface area (Å²) in [5, 5.41) is 21.4. The Balaban J connectivity index is 2.08. The molecule has 5 nitrogen and oxygen atoms in total. The van der Waals surface area contributed by atoms with Crippen molar-refractivity contribution in [2.24, 2.45) is 0 Å². The summed E-state index contributed by atoms with van der Waals surface area (Å²) in [5.41, 5.74) is 2.64. The van der Waals surface area contributed by atoms with Crippen LogP contribution < -0.4 is 0 Å². The van der Waals surface area contributed by atoms with Crippen molar-refractivity contribution in [3.05, 3.63) is 65.4 Å². The number of amidine groups is 1. The van der Waals surface area contributed by atoms with Crippen LogP contribution in [0, 0.1) is 5.21 Å². The Bertz CT molecular complexity index is 661. The van der Waals surface area contributed by atoms with Gasteiger partial charge in [0.2, 0.25) is 0 Å². The van der Waals surface area contributed by atoms with E-state index >= 15 is 0 Å². The summed E-state index contributed by atoms with van der Waals surface area (Å²) in [6.07, 6.45) is 0. The van der Waals surface area contributed by atoms with Gasteiger partial charge in [0.05, 0.1) is 18.8 Å². The smallest absolute Gasteiger partial charge is 0.324 e. The Morgan fingerprint density at radius 3 is 2.32 bits per heavy atom. The lowest BCUT2D eigenvalue weighted by Crippen LogP contribution is -2.44. The molecule has 3 rings (SSSR count). The number of ether oxygens (including phenoxy) is 1. The molecule has 2 aromatic carbocycles. The second kappa shape index (κ2) is 6.49. The third-order valence-corrected chi connectivity index (χ3v) is 3.74. The highest BCUT2D eigenvalue weighted by molar-refractivity contribution is 6.01. The van der Waals surface area contributed by atoms with Gasteiger partial charge in [-0.3, -0.25) is 4.90 Å². The molecule has 0 bridgehead atoms.